The maximum absolute atomic E-state index is 6.54. The predicted octanol–water partition coefficient (Wildman–Crippen LogP) is 12.5. The number of rotatable bonds is 13. The summed E-state index contributed by atoms with van der Waals surface area (Å²) in [6.45, 7) is 3.19. The molecule has 2 N–H and O–H groups in total. The number of unbranched alkanes of at least 4 members (excludes halogenated alkanes) is 1. The zero-order valence-corrected chi connectivity index (χ0v) is 35.8. The molecule has 7 aromatic rings. The molecule has 308 valence electrons. The number of nitrogens with two attached hydrogens (primary N) is 1. The molecule has 0 saturated heterocycles. The average molecular weight is 817 g/mol. The number of benzene rings is 5. The smallest absolute Gasteiger partial charge is 0.205 e. The number of hydrogen-bond acceptors (Lipinski definition) is 5. The third kappa shape index (κ3) is 8.89. The first kappa shape index (κ1) is 41.4. The van der Waals surface area contributed by atoms with Crippen molar-refractivity contribution >= 4 is 11.6 Å². The van der Waals surface area contributed by atoms with Crippen LogP contribution in [0.2, 0.25) is 5.15 Å². The number of hydrogen-bond donors (Lipinski definition) is 1. The van der Waals surface area contributed by atoms with E-state index in [-0.39, 0.29) is 0 Å². The normalized spacial score (nSPS) is 14.5. The summed E-state index contributed by atoms with van der Waals surface area (Å²) in [5.74, 6) is 2.14. The van der Waals surface area contributed by atoms with Crippen molar-refractivity contribution in [3.8, 4) is 22.5 Å². The third-order valence-electron chi connectivity index (χ3n) is 12.6. The Labute approximate surface area is 361 Å². The van der Waals surface area contributed by atoms with Gasteiger partial charge in [0.2, 0.25) is 5.82 Å². The van der Waals surface area contributed by atoms with Crippen molar-refractivity contribution in [1.82, 2.24) is 29.8 Å². The van der Waals surface area contributed by atoms with Crippen LogP contribution in [0.3, 0.4) is 0 Å². The van der Waals surface area contributed by atoms with Gasteiger partial charge in [0.15, 0.2) is 10.7 Å². The van der Waals surface area contributed by atoms with Gasteiger partial charge in [0.1, 0.15) is 5.82 Å². The van der Waals surface area contributed by atoms with Crippen molar-refractivity contribution in [1.29, 1.82) is 0 Å². The largest absolute Gasteiger partial charge is 0.325 e. The topological polar surface area (TPSA) is 87.4 Å². The summed E-state index contributed by atoms with van der Waals surface area (Å²) in [5, 5.41) is 15.6. The molecule has 0 spiro atoms. The van der Waals surface area contributed by atoms with E-state index in [1.54, 1.807) is 0 Å². The van der Waals surface area contributed by atoms with Crippen LogP contribution in [0, 0.1) is 0 Å². The van der Waals surface area contributed by atoms with Gasteiger partial charge in [-0.1, -0.05) is 210 Å². The molecule has 1 aliphatic rings. The van der Waals surface area contributed by atoms with Gasteiger partial charge in [-0.05, 0) is 69.3 Å². The van der Waals surface area contributed by atoms with E-state index in [0.29, 0.717) is 30.0 Å². The molecule has 5 aromatic carbocycles. The lowest BCUT2D eigenvalue weighted by Gasteiger charge is -2.34. The standard InChI is InChI=1S/C52H58ClN7/c1-2-3-28-49-55-50(53)48(37-54)59(49)38-39-29-31-42(32-30-39)46-26-18-19-27-47(46)51-56-58-60(57-51)52(43-22-14-10-15-23-43,44-24-16-11-17-25-44)45-35-33-41(34-36-45)40-20-12-8-6-4-5-7-9-13-21-40/h10-11,14-19,22-27,29-36,40H,2-9,12-13,20-21,28,37-38,54H2,1H3. The molecule has 1 saturated carbocycles. The molecule has 0 bridgehead atoms. The van der Waals surface area contributed by atoms with E-state index in [0.717, 1.165) is 69.7 Å². The van der Waals surface area contributed by atoms with Crippen LogP contribution in [-0.2, 0) is 25.0 Å². The molecule has 8 rings (SSSR count). The Morgan fingerprint density at radius 1 is 0.667 bits per heavy atom. The molecule has 0 aliphatic heterocycles. The van der Waals surface area contributed by atoms with Gasteiger partial charge in [-0.3, -0.25) is 0 Å². The molecule has 0 amide bonds. The van der Waals surface area contributed by atoms with Crippen molar-refractivity contribution in [3.05, 3.63) is 178 Å². The van der Waals surface area contributed by atoms with Gasteiger partial charge >= 0.3 is 0 Å². The second kappa shape index (κ2) is 19.8. The Morgan fingerprint density at radius 3 is 1.83 bits per heavy atom. The fourth-order valence-electron chi connectivity index (χ4n) is 9.30. The SMILES string of the molecule is CCCCc1nc(Cl)c(CN)n1Cc1ccc(-c2ccccc2-c2nnn(C(c3ccccc3)(c3ccccc3)c3ccc(C4CCCCCCCCCC4)cc3)n2)cc1. The van der Waals surface area contributed by atoms with Gasteiger partial charge in [0.25, 0.3) is 0 Å². The van der Waals surface area contributed by atoms with E-state index in [1.807, 2.05) is 10.9 Å². The Hall–Kier alpha value is -5.37. The first-order chi connectivity index (χ1) is 29.6. The number of aryl methyl sites for hydroxylation is 1. The molecule has 0 unspecified atom stereocenters. The quantitative estimate of drug-likeness (QED) is 0.117. The van der Waals surface area contributed by atoms with E-state index in [2.05, 4.69) is 144 Å². The van der Waals surface area contributed by atoms with Crippen LogP contribution in [0.15, 0.2) is 133 Å². The van der Waals surface area contributed by atoms with Crippen molar-refractivity contribution in [3.63, 3.8) is 0 Å². The van der Waals surface area contributed by atoms with Gasteiger partial charge < -0.3 is 10.3 Å². The number of aromatic nitrogens is 6. The van der Waals surface area contributed by atoms with Gasteiger partial charge in [-0.25, -0.2) is 4.98 Å². The first-order valence-corrected chi connectivity index (χ1v) is 22.6. The molecule has 0 atom stereocenters. The van der Waals surface area contributed by atoms with Crippen LogP contribution in [0.1, 0.15) is 129 Å². The molecule has 0 radical (unpaired) electrons. The van der Waals surface area contributed by atoms with Crippen molar-refractivity contribution < 1.29 is 0 Å². The Kier molecular flexibility index (Phi) is 13.6. The lowest BCUT2D eigenvalue weighted by atomic mass is 9.76. The van der Waals surface area contributed by atoms with Crippen LogP contribution < -0.4 is 5.73 Å². The van der Waals surface area contributed by atoms with E-state index < -0.39 is 5.54 Å². The Bertz CT molecular complexity index is 2350. The molecular formula is C52H58ClN7. The minimum absolute atomic E-state index is 0.346. The van der Waals surface area contributed by atoms with Crippen molar-refractivity contribution in [2.45, 2.75) is 115 Å². The van der Waals surface area contributed by atoms with E-state index >= 15 is 0 Å². The van der Waals surface area contributed by atoms with Crippen LogP contribution in [-0.4, -0.2) is 29.8 Å². The van der Waals surface area contributed by atoms with Crippen molar-refractivity contribution in [2.75, 3.05) is 0 Å². The lowest BCUT2D eigenvalue weighted by molar-refractivity contribution is 0.395. The van der Waals surface area contributed by atoms with E-state index in [4.69, 9.17) is 32.7 Å². The molecule has 8 heteroatoms. The average Bonchev–Trinajstić information content (AvgIpc) is 3.89. The minimum Gasteiger partial charge on any atom is -0.325 e. The summed E-state index contributed by atoms with van der Waals surface area (Å²) >= 11 is 6.54. The summed E-state index contributed by atoms with van der Waals surface area (Å²) in [5.41, 5.74) is 15.0. The molecule has 1 aliphatic carbocycles. The van der Waals surface area contributed by atoms with Crippen LogP contribution >= 0.6 is 11.6 Å². The van der Waals surface area contributed by atoms with E-state index in [1.165, 1.54) is 69.8 Å². The van der Waals surface area contributed by atoms with Crippen molar-refractivity contribution in [2.24, 2.45) is 5.73 Å². The number of tetrazole rings is 1. The highest BCUT2D eigenvalue weighted by Gasteiger charge is 2.41. The molecular weight excluding hydrogens is 758 g/mol. The highest BCUT2D eigenvalue weighted by Crippen LogP contribution is 2.42. The number of halogens is 1. The van der Waals surface area contributed by atoms with Gasteiger partial charge in [-0.15, -0.1) is 15.0 Å². The van der Waals surface area contributed by atoms with Gasteiger partial charge in [0.05, 0.1) is 5.69 Å². The summed E-state index contributed by atoms with van der Waals surface area (Å²) in [7, 11) is 0. The Balaban J connectivity index is 1.16. The van der Waals surface area contributed by atoms with Crippen LogP contribution in [0.5, 0.6) is 0 Å². The fourth-order valence-corrected chi connectivity index (χ4v) is 9.58. The number of imidazole rings is 1. The first-order valence-electron chi connectivity index (χ1n) is 22.2. The zero-order valence-electron chi connectivity index (χ0n) is 35.0. The maximum atomic E-state index is 6.54. The Morgan fingerprint density at radius 2 is 1.23 bits per heavy atom. The minimum atomic E-state index is -0.869. The molecule has 1 fully saturated rings. The molecule has 2 aromatic heterocycles. The second-order valence-corrected chi connectivity index (χ2v) is 16.8. The fraction of sp³-hybridized carbons (Fsp3) is 0.346. The molecule has 60 heavy (non-hydrogen) atoms. The molecule has 7 nitrogen and oxygen atoms in total. The monoisotopic (exact) mass is 815 g/mol. The lowest BCUT2D eigenvalue weighted by Crippen LogP contribution is -2.39. The van der Waals surface area contributed by atoms with Gasteiger partial charge in [-0.2, -0.15) is 0 Å². The van der Waals surface area contributed by atoms with Crippen LogP contribution in [0.25, 0.3) is 22.5 Å². The summed E-state index contributed by atoms with van der Waals surface area (Å²) < 4.78 is 2.18. The van der Waals surface area contributed by atoms with E-state index in [9.17, 15) is 0 Å². The highest BCUT2D eigenvalue weighted by molar-refractivity contribution is 6.30. The van der Waals surface area contributed by atoms with Crippen LogP contribution in [0.4, 0.5) is 0 Å². The van der Waals surface area contributed by atoms with Gasteiger partial charge in [0, 0.05) is 25.1 Å². The third-order valence-corrected chi connectivity index (χ3v) is 12.9. The summed E-state index contributed by atoms with van der Waals surface area (Å²) in [6.07, 6.45) is 16.3. The number of nitrogens with zero attached hydrogens (tertiary/aromatic N) is 6. The highest BCUT2D eigenvalue weighted by atomic mass is 35.5. The summed E-state index contributed by atoms with van der Waals surface area (Å²) in [4.78, 5) is 6.51. The summed E-state index contributed by atoms with van der Waals surface area (Å²) in [6, 6.07) is 47.7. The predicted molar refractivity (Wildman–Crippen MR) is 245 cm³/mol. The molecule has 2 heterocycles. The second-order valence-electron chi connectivity index (χ2n) is 16.5. The maximum Gasteiger partial charge on any atom is 0.205 e. The zero-order chi connectivity index (χ0) is 41.2.